The Morgan fingerprint density at radius 1 is 0.365 bits per heavy atom. The largest absolute Gasteiger partial charge is 0.454 e. The van der Waals surface area contributed by atoms with Crippen molar-refractivity contribution >= 4 is 75.3 Å². The van der Waals surface area contributed by atoms with Crippen LogP contribution in [0, 0.1) is 0 Å². The van der Waals surface area contributed by atoms with E-state index in [0.29, 0.717) is 17.5 Å². The molecule has 13 aromatic rings. The molecule has 5 nitrogen and oxygen atoms in total. The zero-order valence-electron chi connectivity index (χ0n) is 33.7. The predicted molar refractivity (Wildman–Crippen MR) is 262 cm³/mol. The number of aromatic nitrogens is 4. The maximum absolute atomic E-state index is 6.85. The Bertz CT molecular complexity index is 3870. The maximum atomic E-state index is 6.85. The van der Waals surface area contributed by atoms with E-state index in [0.717, 1.165) is 55.3 Å². The van der Waals surface area contributed by atoms with Crippen molar-refractivity contribution in [2.45, 2.75) is 0 Å². The van der Waals surface area contributed by atoms with Gasteiger partial charge in [-0.2, -0.15) is 0 Å². The van der Waals surface area contributed by atoms with Crippen LogP contribution in [0.3, 0.4) is 0 Å². The van der Waals surface area contributed by atoms with Gasteiger partial charge in [0.25, 0.3) is 0 Å². The Morgan fingerprint density at radius 3 is 1.76 bits per heavy atom. The van der Waals surface area contributed by atoms with Gasteiger partial charge in [0.1, 0.15) is 5.58 Å². The van der Waals surface area contributed by atoms with Crippen LogP contribution in [0.2, 0.25) is 0 Å². The number of rotatable bonds is 6. The molecule has 0 atom stereocenters. The van der Waals surface area contributed by atoms with Crippen LogP contribution in [0.1, 0.15) is 0 Å². The molecule has 4 aromatic heterocycles. The highest BCUT2D eigenvalue weighted by molar-refractivity contribution is 7.26. The minimum Gasteiger partial charge on any atom is -0.454 e. The van der Waals surface area contributed by atoms with E-state index in [2.05, 4.69) is 180 Å². The molecule has 9 aromatic carbocycles. The number of hydrogen-bond acceptors (Lipinski definition) is 5. The molecule has 0 fully saturated rings. The molecule has 0 aliphatic heterocycles. The molecule has 0 amide bonds. The van der Waals surface area contributed by atoms with Crippen molar-refractivity contribution in [1.82, 2.24) is 19.5 Å². The Hall–Kier alpha value is -8.19. The topological polar surface area (TPSA) is 56.7 Å². The van der Waals surface area contributed by atoms with Gasteiger partial charge in [0.05, 0.1) is 16.7 Å². The van der Waals surface area contributed by atoms with E-state index in [1.807, 2.05) is 30.3 Å². The lowest BCUT2D eigenvalue weighted by Gasteiger charge is -2.10. The average molecular weight is 823 g/mol. The van der Waals surface area contributed by atoms with Gasteiger partial charge in [-0.15, -0.1) is 11.3 Å². The van der Waals surface area contributed by atoms with Crippen molar-refractivity contribution in [2.24, 2.45) is 0 Å². The molecule has 0 unspecified atom stereocenters. The van der Waals surface area contributed by atoms with Gasteiger partial charge in [-0.3, -0.25) is 0 Å². The first-order valence-corrected chi connectivity index (χ1v) is 21.9. The third-order valence-electron chi connectivity index (χ3n) is 12.3. The second kappa shape index (κ2) is 14.2. The quantitative estimate of drug-likeness (QED) is 0.168. The van der Waals surface area contributed by atoms with E-state index in [-0.39, 0.29) is 0 Å². The summed E-state index contributed by atoms with van der Waals surface area (Å²) in [4.78, 5) is 15.6. The number of fused-ring (bicyclic) bond motifs is 9. The van der Waals surface area contributed by atoms with Crippen LogP contribution in [0.5, 0.6) is 0 Å². The Labute approximate surface area is 365 Å². The summed E-state index contributed by atoms with van der Waals surface area (Å²) >= 11 is 1.80. The molecule has 0 bridgehead atoms. The third-order valence-corrected chi connectivity index (χ3v) is 13.4. The van der Waals surface area contributed by atoms with Crippen molar-refractivity contribution in [3.63, 3.8) is 0 Å². The zero-order chi connectivity index (χ0) is 41.4. The Balaban J connectivity index is 0.978. The van der Waals surface area contributed by atoms with Crippen LogP contribution >= 0.6 is 11.3 Å². The SMILES string of the molecule is c1ccc(-c2cccc(-c3cccc4sc5cc(-c6nc(-c7ccccc7)nc(-c7cccc8oc9c(-n%10c%11ccccc%11c%11ccccc%11%10)cccc9c78)n6)ccc5c34)c2)cc1. The van der Waals surface area contributed by atoms with Crippen LogP contribution in [-0.4, -0.2) is 19.5 Å². The van der Waals surface area contributed by atoms with Crippen LogP contribution in [0.15, 0.2) is 211 Å². The molecule has 294 valence electrons. The molecular weight excluding hydrogens is 789 g/mol. The standard InChI is InChI=1S/C57H34N4OS/c1-3-15-35(16-4-1)37-19-11-20-38(33-37)40-23-14-30-50-53(40)43-32-31-39(34-51(43)63-50)56-58-55(36-17-5-2-6-18-36)59-57(60-56)45-25-13-29-49-52(45)44-24-12-28-48(54(44)62-49)61-46-26-9-7-21-41(46)42-22-8-10-27-47(42)61/h1-34H. The highest BCUT2D eigenvalue weighted by Gasteiger charge is 2.22. The van der Waals surface area contributed by atoms with E-state index in [4.69, 9.17) is 19.4 Å². The van der Waals surface area contributed by atoms with Crippen molar-refractivity contribution in [3.05, 3.63) is 206 Å². The van der Waals surface area contributed by atoms with Gasteiger partial charge >= 0.3 is 0 Å². The second-order valence-electron chi connectivity index (χ2n) is 15.9. The van der Waals surface area contributed by atoms with Gasteiger partial charge in [-0.25, -0.2) is 15.0 Å². The van der Waals surface area contributed by atoms with E-state index in [1.54, 1.807) is 11.3 Å². The molecule has 0 aliphatic carbocycles. The maximum Gasteiger partial charge on any atom is 0.164 e. The molecule has 13 rings (SSSR count). The van der Waals surface area contributed by atoms with Crippen LogP contribution < -0.4 is 0 Å². The number of benzene rings is 9. The van der Waals surface area contributed by atoms with Gasteiger partial charge in [-0.05, 0) is 64.7 Å². The minimum absolute atomic E-state index is 0.589. The highest BCUT2D eigenvalue weighted by Crippen LogP contribution is 2.44. The highest BCUT2D eigenvalue weighted by atomic mass is 32.1. The lowest BCUT2D eigenvalue weighted by Crippen LogP contribution is -2.00. The molecule has 0 aliphatic rings. The van der Waals surface area contributed by atoms with E-state index in [1.165, 1.54) is 53.2 Å². The summed E-state index contributed by atoms with van der Waals surface area (Å²) < 4.78 is 11.6. The molecule has 0 N–H and O–H groups in total. The monoisotopic (exact) mass is 822 g/mol. The van der Waals surface area contributed by atoms with Crippen molar-refractivity contribution in [2.75, 3.05) is 0 Å². The van der Waals surface area contributed by atoms with E-state index in [9.17, 15) is 0 Å². The smallest absolute Gasteiger partial charge is 0.164 e. The van der Waals surface area contributed by atoms with Gasteiger partial charge < -0.3 is 8.98 Å². The molecule has 0 saturated heterocycles. The fourth-order valence-corrected chi connectivity index (χ4v) is 10.6. The number of thiophene rings is 1. The first-order chi connectivity index (χ1) is 31.2. The number of furan rings is 1. The fourth-order valence-electron chi connectivity index (χ4n) is 9.42. The first-order valence-electron chi connectivity index (χ1n) is 21.1. The summed E-state index contributed by atoms with van der Waals surface area (Å²) in [7, 11) is 0. The molecule has 63 heavy (non-hydrogen) atoms. The summed E-state index contributed by atoms with van der Waals surface area (Å²) in [6, 6.07) is 72.6. The van der Waals surface area contributed by atoms with E-state index < -0.39 is 0 Å². The third kappa shape index (κ3) is 5.73. The summed E-state index contributed by atoms with van der Waals surface area (Å²) in [6.45, 7) is 0. The van der Waals surface area contributed by atoms with Crippen LogP contribution in [0.4, 0.5) is 0 Å². The molecule has 0 radical (unpaired) electrons. The lowest BCUT2D eigenvalue weighted by atomic mass is 9.96. The lowest BCUT2D eigenvalue weighted by molar-refractivity contribution is 0.666. The molecule has 0 saturated carbocycles. The Kier molecular flexibility index (Phi) is 8.01. The number of para-hydroxylation sites is 3. The van der Waals surface area contributed by atoms with Crippen LogP contribution in [-0.2, 0) is 0 Å². The normalized spacial score (nSPS) is 11.8. The van der Waals surface area contributed by atoms with Gasteiger partial charge in [0.15, 0.2) is 23.1 Å². The second-order valence-corrected chi connectivity index (χ2v) is 17.0. The first kappa shape index (κ1) is 35.6. The Morgan fingerprint density at radius 2 is 0.968 bits per heavy atom. The molecule has 4 heterocycles. The number of hydrogen-bond donors (Lipinski definition) is 0. The molecule has 6 heteroatoms. The van der Waals surface area contributed by atoms with Crippen molar-refractivity contribution < 1.29 is 4.42 Å². The van der Waals surface area contributed by atoms with Gasteiger partial charge in [0, 0.05) is 58.4 Å². The van der Waals surface area contributed by atoms with Crippen LogP contribution in [0.25, 0.3) is 126 Å². The van der Waals surface area contributed by atoms with Gasteiger partial charge in [0.2, 0.25) is 0 Å². The average Bonchev–Trinajstić information content (AvgIpc) is 4.04. The molecular formula is C57H34N4OS. The van der Waals surface area contributed by atoms with Gasteiger partial charge in [-0.1, -0.05) is 164 Å². The number of nitrogens with zero attached hydrogens (tertiary/aromatic N) is 4. The predicted octanol–water partition coefficient (Wildman–Crippen LogP) is 15.6. The van der Waals surface area contributed by atoms with Crippen molar-refractivity contribution in [1.29, 1.82) is 0 Å². The summed E-state index contributed by atoms with van der Waals surface area (Å²) in [6.07, 6.45) is 0. The summed E-state index contributed by atoms with van der Waals surface area (Å²) in [5.74, 6) is 1.82. The summed E-state index contributed by atoms with van der Waals surface area (Å²) in [5, 5.41) is 6.85. The summed E-state index contributed by atoms with van der Waals surface area (Å²) in [5.41, 5.74) is 12.4. The fraction of sp³-hybridized carbons (Fsp3) is 0. The minimum atomic E-state index is 0.589. The zero-order valence-corrected chi connectivity index (χ0v) is 34.6. The van der Waals surface area contributed by atoms with Crippen molar-refractivity contribution in [3.8, 4) is 62.1 Å². The molecule has 0 spiro atoms. The van der Waals surface area contributed by atoms with E-state index >= 15 is 0 Å².